The molecular weight excluding hydrogens is 324 g/mol. The lowest BCUT2D eigenvalue weighted by Gasteiger charge is -2.18. The van der Waals surface area contributed by atoms with Crippen molar-refractivity contribution < 1.29 is 18.3 Å². The Labute approximate surface area is 132 Å². The van der Waals surface area contributed by atoms with E-state index in [9.17, 15) is 18.3 Å². The monoisotopic (exact) mass is 338 g/mol. The zero-order valence-electron chi connectivity index (χ0n) is 11.8. The third-order valence-electron chi connectivity index (χ3n) is 3.61. The fourth-order valence-electron chi connectivity index (χ4n) is 2.50. The minimum atomic E-state index is -3.78. The van der Waals surface area contributed by atoms with E-state index in [2.05, 4.69) is 4.98 Å². The van der Waals surface area contributed by atoms with Crippen LogP contribution in [0.2, 0.25) is 0 Å². The molecule has 0 aliphatic carbocycles. The zero-order valence-corrected chi connectivity index (χ0v) is 13.4. The molecule has 2 heterocycles. The summed E-state index contributed by atoms with van der Waals surface area (Å²) < 4.78 is 26.9. The minimum Gasteiger partial charge on any atom is -0.481 e. The van der Waals surface area contributed by atoms with Crippen molar-refractivity contribution in [1.82, 2.24) is 4.98 Å². The Hall–Kier alpha value is -1.93. The van der Waals surface area contributed by atoms with Crippen molar-refractivity contribution >= 4 is 33.0 Å². The van der Waals surface area contributed by atoms with Gasteiger partial charge in [0.05, 0.1) is 23.4 Å². The lowest BCUT2D eigenvalue weighted by molar-refractivity contribution is -0.138. The van der Waals surface area contributed by atoms with Gasteiger partial charge in [0.1, 0.15) is 5.92 Å². The van der Waals surface area contributed by atoms with Gasteiger partial charge < -0.3 is 5.11 Å². The van der Waals surface area contributed by atoms with Gasteiger partial charge in [-0.3, -0.25) is 9.10 Å². The number of para-hydroxylation sites is 1. The second-order valence-electron chi connectivity index (χ2n) is 4.91. The topological polar surface area (TPSA) is 87.6 Å². The van der Waals surface area contributed by atoms with Crippen LogP contribution in [0, 0.1) is 0 Å². The zero-order chi connectivity index (χ0) is 15.9. The molecule has 0 saturated carbocycles. The molecule has 1 unspecified atom stereocenters. The van der Waals surface area contributed by atoms with E-state index in [1.54, 1.807) is 24.3 Å². The number of anilines is 1. The van der Waals surface area contributed by atoms with Crippen molar-refractivity contribution in [3.63, 3.8) is 0 Å². The van der Waals surface area contributed by atoms with Crippen LogP contribution in [0.15, 0.2) is 34.7 Å². The summed E-state index contributed by atoms with van der Waals surface area (Å²) in [6, 6.07) is 6.72. The number of nitrogens with zero attached hydrogens (tertiary/aromatic N) is 2. The van der Waals surface area contributed by atoms with Crippen molar-refractivity contribution in [1.29, 1.82) is 0 Å². The Kier molecular flexibility index (Phi) is 3.65. The molecule has 6 nitrogen and oxygen atoms in total. The summed E-state index contributed by atoms with van der Waals surface area (Å²) in [5.74, 6) is -1.87. The molecule has 1 atom stereocenters. The lowest BCUT2D eigenvalue weighted by atomic mass is 10.0. The Morgan fingerprint density at radius 1 is 1.45 bits per heavy atom. The van der Waals surface area contributed by atoms with Gasteiger partial charge in [-0.25, -0.2) is 13.4 Å². The minimum absolute atomic E-state index is 0.0869. The van der Waals surface area contributed by atoms with E-state index in [-0.39, 0.29) is 10.8 Å². The fourth-order valence-corrected chi connectivity index (χ4v) is 5.24. The number of benzene rings is 1. The maximum atomic E-state index is 12.8. The Morgan fingerprint density at radius 3 is 2.82 bits per heavy atom. The lowest BCUT2D eigenvalue weighted by Crippen LogP contribution is -2.30. The van der Waals surface area contributed by atoms with Crippen LogP contribution in [0.25, 0.3) is 0 Å². The van der Waals surface area contributed by atoms with E-state index >= 15 is 0 Å². The highest BCUT2D eigenvalue weighted by molar-refractivity contribution is 7.94. The van der Waals surface area contributed by atoms with Crippen LogP contribution in [-0.2, 0) is 21.2 Å². The molecule has 0 bridgehead atoms. The summed E-state index contributed by atoms with van der Waals surface area (Å²) in [4.78, 5) is 15.5. The number of fused-ring (bicyclic) bond motifs is 1. The van der Waals surface area contributed by atoms with Gasteiger partial charge in [0.25, 0.3) is 10.0 Å². The van der Waals surface area contributed by atoms with Gasteiger partial charge >= 0.3 is 5.97 Å². The molecule has 8 heteroatoms. The van der Waals surface area contributed by atoms with Gasteiger partial charge in [0.2, 0.25) is 0 Å². The van der Waals surface area contributed by atoms with Crippen LogP contribution in [0.1, 0.15) is 23.4 Å². The third-order valence-corrected chi connectivity index (χ3v) is 6.96. The van der Waals surface area contributed by atoms with Gasteiger partial charge in [0, 0.05) is 0 Å². The highest BCUT2D eigenvalue weighted by atomic mass is 32.2. The number of thiazole rings is 1. The van der Waals surface area contributed by atoms with Gasteiger partial charge in [-0.05, 0) is 18.1 Å². The molecule has 1 aliphatic heterocycles. The predicted octanol–water partition coefficient (Wildman–Crippen LogP) is 2.08. The first-order valence-electron chi connectivity index (χ1n) is 6.74. The smallest absolute Gasteiger partial charge is 0.312 e. The summed E-state index contributed by atoms with van der Waals surface area (Å²) in [7, 11) is -3.78. The number of carbonyl (C=O) groups is 1. The van der Waals surface area contributed by atoms with Crippen molar-refractivity contribution in [3.05, 3.63) is 41.0 Å². The molecule has 1 aliphatic rings. The Morgan fingerprint density at radius 2 is 2.18 bits per heavy atom. The molecule has 2 aromatic rings. The molecule has 1 aromatic heterocycles. The Balaban J connectivity index is 2.07. The number of rotatable bonds is 4. The van der Waals surface area contributed by atoms with E-state index in [0.29, 0.717) is 17.7 Å². The van der Waals surface area contributed by atoms with Gasteiger partial charge in [-0.15, -0.1) is 11.3 Å². The predicted molar refractivity (Wildman–Crippen MR) is 82.8 cm³/mol. The van der Waals surface area contributed by atoms with Crippen LogP contribution in [-0.4, -0.2) is 31.0 Å². The largest absolute Gasteiger partial charge is 0.481 e. The Bertz CT molecular complexity index is 829. The molecular formula is C14H14N2O4S2. The van der Waals surface area contributed by atoms with Crippen LogP contribution in [0.4, 0.5) is 5.69 Å². The maximum absolute atomic E-state index is 12.8. The molecule has 1 N–H and O–H groups in total. The second kappa shape index (κ2) is 5.36. The van der Waals surface area contributed by atoms with E-state index in [1.165, 1.54) is 10.5 Å². The molecule has 3 rings (SSSR count). The SMILES string of the molecule is CCc1ncc(S(=O)(=O)N2CC(C(=O)O)c3ccccc32)s1. The molecule has 22 heavy (non-hydrogen) atoms. The number of carboxylic acid groups (broad SMARTS) is 1. The fraction of sp³-hybridized carbons (Fsp3) is 0.286. The summed E-state index contributed by atoms with van der Waals surface area (Å²) in [6.07, 6.45) is 2.00. The number of aryl methyl sites for hydroxylation is 1. The summed E-state index contributed by atoms with van der Waals surface area (Å²) in [5, 5.41) is 10.1. The van der Waals surface area contributed by atoms with Crippen molar-refractivity contribution in [2.24, 2.45) is 0 Å². The maximum Gasteiger partial charge on any atom is 0.312 e. The standard InChI is InChI=1S/C14H14N2O4S2/c1-2-12-15-7-13(21-12)22(19,20)16-8-10(14(17)18)9-5-3-4-6-11(9)16/h3-7,10H,2,8H2,1H3,(H,17,18). The molecule has 116 valence electrons. The number of hydrogen-bond donors (Lipinski definition) is 1. The quantitative estimate of drug-likeness (QED) is 0.922. The highest BCUT2D eigenvalue weighted by Crippen LogP contribution is 2.40. The number of carboxylic acids is 1. The normalized spacial score (nSPS) is 17.5. The molecule has 0 radical (unpaired) electrons. The molecule has 0 saturated heterocycles. The third kappa shape index (κ3) is 2.28. The van der Waals surface area contributed by atoms with E-state index in [0.717, 1.165) is 16.3 Å². The van der Waals surface area contributed by atoms with Crippen LogP contribution >= 0.6 is 11.3 Å². The van der Waals surface area contributed by atoms with Gasteiger partial charge in [0.15, 0.2) is 4.21 Å². The molecule has 0 amide bonds. The van der Waals surface area contributed by atoms with Gasteiger partial charge in [-0.1, -0.05) is 25.1 Å². The first-order chi connectivity index (χ1) is 10.4. The molecule has 0 fully saturated rings. The van der Waals surface area contributed by atoms with Gasteiger partial charge in [-0.2, -0.15) is 0 Å². The number of hydrogen-bond acceptors (Lipinski definition) is 5. The van der Waals surface area contributed by atoms with Crippen molar-refractivity contribution in [2.75, 3.05) is 10.8 Å². The average molecular weight is 338 g/mol. The van der Waals surface area contributed by atoms with E-state index in [1.807, 2.05) is 6.92 Å². The highest BCUT2D eigenvalue weighted by Gasteiger charge is 2.40. The number of sulfonamides is 1. The number of aromatic nitrogens is 1. The van der Waals surface area contributed by atoms with E-state index in [4.69, 9.17) is 0 Å². The average Bonchev–Trinajstić information content (AvgIpc) is 3.12. The summed E-state index contributed by atoms with van der Waals surface area (Å²) in [6.45, 7) is 1.82. The van der Waals surface area contributed by atoms with Crippen LogP contribution in [0.3, 0.4) is 0 Å². The van der Waals surface area contributed by atoms with Crippen LogP contribution < -0.4 is 4.31 Å². The first kappa shape index (κ1) is 15.0. The number of aliphatic carboxylic acids is 1. The molecule has 0 spiro atoms. The molecule has 1 aromatic carbocycles. The second-order valence-corrected chi connectivity index (χ2v) is 8.12. The van der Waals surface area contributed by atoms with Crippen LogP contribution in [0.5, 0.6) is 0 Å². The summed E-state index contributed by atoms with van der Waals surface area (Å²) in [5.41, 5.74) is 0.958. The van der Waals surface area contributed by atoms with Crippen molar-refractivity contribution in [2.45, 2.75) is 23.5 Å². The first-order valence-corrected chi connectivity index (χ1v) is 9.00. The van der Waals surface area contributed by atoms with E-state index < -0.39 is 21.9 Å². The van der Waals surface area contributed by atoms with Crippen molar-refractivity contribution in [3.8, 4) is 0 Å². The summed E-state index contributed by atoms with van der Waals surface area (Å²) >= 11 is 1.12.